The zero-order chi connectivity index (χ0) is 41.2. The van der Waals surface area contributed by atoms with Crippen molar-refractivity contribution in [3.63, 3.8) is 0 Å². The molecule has 2 unspecified atom stereocenters. The van der Waals surface area contributed by atoms with Crippen LogP contribution >= 0.6 is 0 Å². The Kier molecular flexibility index (Phi) is 10.2. The number of carbonyl (C=O) groups excluding carboxylic acids is 5. The first-order valence-corrected chi connectivity index (χ1v) is 20.4. The van der Waals surface area contributed by atoms with E-state index in [4.69, 9.17) is 9.47 Å². The molecule has 304 valence electrons. The molecule has 3 aromatic rings. The lowest BCUT2D eigenvalue weighted by Gasteiger charge is -2.62. The number of esters is 2. The quantitative estimate of drug-likeness (QED) is 0.196. The van der Waals surface area contributed by atoms with Crippen molar-refractivity contribution in [1.29, 1.82) is 0 Å². The number of ketones is 3. The predicted molar refractivity (Wildman–Crippen MR) is 211 cm³/mol. The SMILES string of the molecule is C[C@@H]1C[C@H]2[C@@H]3CCC4=CC(=O)C=C[C@]4(C)[C@@]3(F)[C@@H](O)C[C@]2(C)[C@@]1(O)C(=O)COC(=O)CCC(=O)OCc1ccc(C2CC2C(=O)Cc2ccc3cnccc3c2)cc1. The maximum absolute atomic E-state index is 17.4. The number of fused-ring (bicyclic) bond motifs is 6. The third-order valence-corrected chi connectivity index (χ3v) is 14.6. The second-order valence-corrected chi connectivity index (χ2v) is 17.8. The second-order valence-electron chi connectivity index (χ2n) is 17.8. The summed E-state index contributed by atoms with van der Waals surface area (Å²) in [6.45, 7) is 4.43. The van der Waals surface area contributed by atoms with Crippen molar-refractivity contribution in [2.45, 2.75) is 102 Å². The first-order chi connectivity index (χ1) is 27.6. The van der Waals surface area contributed by atoms with E-state index in [0.717, 1.165) is 33.9 Å². The summed E-state index contributed by atoms with van der Waals surface area (Å²) in [5.41, 5.74) is -3.03. The maximum Gasteiger partial charge on any atom is 0.306 e. The van der Waals surface area contributed by atoms with Gasteiger partial charge in [-0.2, -0.15) is 0 Å². The number of aliphatic hydroxyl groups excluding tert-OH is 1. The highest BCUT2D eigenvalue weighted by Gasteiger charge is 2.75. The van der Waals surface area contributed by atoms with Crippen LogP contribution in [0, 0.1) is 34.5 Å². The third kappa shape index (κ3) is 6.54. The Morgan fingerprint density at radius 2 is 1.66 bits per heavy atom. The molecule has 0 saturated heterocycles. The van der Waals surface area contributed by atoms with Crippen molar-refractivity contribution in [1.82, 2.24) is 4.98 Å². The van der Waals surface area contributed by atoms with Crippen molar-refractivity contribution >= 4 is 40.1 Å². The zero-order valence-corrected chi connectivity index (χ0v) is 33.1. The fraction of sp³-hybridized carbons (Fsp3) is 0.489. The summed E-state index contributed by atoms with van der Waals surface area (Å²) >= 11 is 0. The summed E-state index contributed by atoms with van der Waals surface area (Å²) in [4.78, 5) is 68.3. The molecule has 0 spiro atoms. The molecule has 1 aromatic heterocycles. The Bertz CT molecular complexity index is 2250. The maximum atomic E-state index is 17.4. The second kappa shape index (κ2) is 14.7. The van der Waals surface area contributed by atoms with Gasteiger partial charge in [0.2, 0.25) is 5.78 Å². The lowest BCUT2D eigenvalue weighted by atomic mass is 9.44. The van der Waals surface area contributed by atoms with E-state index in [1.54, 1.807) is 39.2 Å². The summed E-state index contributed by atoms with van der Waals surface area (Å²) in [6.07, 6.45) is 7.96. The normalized spacial score (nSPS) is 34.7. The third-order valence-electron chi connectivity index (χ3n) is 14.6. The molecule has 4 fully saturated rings. The Morgan fingerprint density at radius 1 is 0.931 bits per heavy atom. The molecule has 2 aromatic carbocycles. The number of rotatable bonds is 12. The van der Waals surface area contributed by atoms with E-state index in [1.807, 2.05) is 48.5 Å². The van der Waals surface area contributed by atoms with Crippen LogP contribution in [-0.2, 0) is 46.5 Å². The molecule has 2 N–H and O–H groups in total. The van der Waals surface area contributed by atoms with E-state index in [9.17, 15) is 34.2 Å². The average molecular weight is 792 g/mol. The van der Waals surface area contributed by atoms with Gasteiger partial charge in [0.1, 0.15) is 18.0 Å². The number of aliphatic hydroxyl groups is 2. The number of pyridine rings is 1. The van der Waals surface area contributed by atoms with Gasteiger partial charge in [0.15, 0.2) is 18.1 Å². The van der Waals surface area contributed by atoms with Gasteiger partial charge in [0.05, 0.1) is 18.9 Å². The van der Waals surface area contributed by atoms with Crippen LogP contribution in [0.15, 0.2) is 84.7 Å². The number of hydrogen-bond acceptors (Lipinski definition) is 10. The summed E-state index contributed by atoms with van der Waals surface area (Å²) in [6, 6.07) is 15.5. The van der Waals surface area contributed by atoms with Crippen molar-refractivity contribution in [2.24, 2.45) is 34.5 Å². The number of aromatic nitrogens is 1. The van der Waals surface area contributed by atoms with Crippen molar-refractivity contribution in [3.8, 4) is 0 Å². The molecule has 4 saturated carbocycles. The molecule has 5 aliphatic carbocycles. The van der Waals surface area contributed by atoms with Crippen molar-refractivity contribution in [2.75, 3.05) is 6.61 Å². The first kappa shape index (κ1) is 39.9. The van der Waals surface area contributed by atoms with Crippen LogP contribution < -0.4 is 0 Å². The van der Waals surface area contributed by atoms with Gasteiger partial charge in [-0.15, -0.1) is 0 Å². The minimum absolute atomic E-state index is 0.0000000989. The topological polar surface area (TPSA) is 157 Å². The Labute approximate surface area is 336 Å². The Morgan fingerprint density at radius 3 is 2.41 bits per heavy atom. The van der Waals surface area contributed by atoms with Crippen LogP contribution in [-0.4, -0.2) is 68.5 Å². The number of carbonyl (C=O) groups is 5. The Balaban J connectivity index is 0.794. The standard InChI is InChI=1S/C47H50FNO9/c1-27-18-38-37-11-10-33-21-34(50)14-16-44(33,2)46(37,48)40(52)23-45(38,3)47(27,56)41(53)26-58-43(55)13-12-42(54)57-25-28-4-7-30(8-5-28)35-22-36(35)39(51)20-29-6-9-32-24-49-17-15-31(32)19-29/h4-9,14-17,19,21,24,27,35-38,40,52,56H,10-13,18,20,22-23,25-26H2,1-3H3/t27-,35?,36?,37+,38+,40+,44+,45+,46+,47+/m1/s1. The molecular formula is C47H50FNO9. The van der Waals surface area contributed by atoms with Gasteiger partial charge in [-0.3, -0.25) is 29.0 Å². The number of halogens is 1. The molecule has 10 nitrogen and oxygen atoms in total. The number of hydrogen-bond donors (Lipinski definition) is 2. The summed E-state index contributed by atoms with van der Waals surface area (Å²) < 4.78 is 28.1. The molecule has 8 rings (SSSR count). The fourth-order valence-corrected chi connectivity index (χ4v) is 11.3. The lowest BCUT2D eigenvalue weighted by molar-refractivity contribution is -0.220. The van der Waals surface area contributed by atoms with Crippen LogP contribution in [0.1, 0.15) is 88.3 Å². The predicted octanol–water partition coefficient (Wildman–Crippen LogP) is 6.43. The van der Waals surface area contributed by atoms with Gasteiger partial charge in [-0.05, 0) is 97.1 Å². The number of Topliss-reactive ketones (excluding diaryl/α,β-unsaturated/α-hetero) is 2. The molecule has 0 radical (unpaired) electrons. The van der Waals surface area contributed by atoms with Gasteiger partial charge in [0.25, 0.3) is 0 Å². The van der Waals surface area contributed by atoms with E-state index in [0.29, 0.717) is 31.3 Å². The number of ether oxygens (including phenoxy) is 2. The molecule has 5 aliphatic rings. The minimum Gasteiger partial charge on any atom is -0.461 e. The van der Waals surface area contributed by atoms with Gasteiger partial charge in [0, 0.05) is 46.9 Å². The number of nitrogens with zero attached hydrogens (tertiary/aromatic N) is 1. The highest BCUT2D eigenvalue weighted by atomic mass is 19.1. The Hall–Kier alpha value is -4.87. The molecule has 0 amide bonds. The highest BCUT2D eigenvalue weighted by molar-refractivity contribution is 6.01. The van der Waals surface area contributed by atoms with E-state index in [2.05, 4.69) is 4.98 Å². The van der Waals surface area contributed by atoms with Crippen molar-refractivity contribution < 1.29 is 48.0 Å². The van der Waals surface area contributed by atoms with Crippen LogP contribution in [0.5, 0.6) is 0 Å². The minimum atomic E-state index is -2.10. The van der Waals surface area contributed by atoms with Crippen LogP contribution in [0.2, 0.25) is 0 Å². The van der Waals surface area contributed by atoms with Crippen LogP contribution in [0.25, 0.3) is 10.8 Å². The largest absolute Gasteiger partial charge is 0.461 e. The number of allylic oxidation sites excluding steroid dienone is 4. The van der Waals surface area contributed by atoms with E-state index in [-0.39, 0.29) is 49.3 Å². The summed E-state index contributed by atoms with van der Waals surface area (Å²) in [5.74, 6) is -3.74. The summed E-state index contributed by atoms with van der Waals surface area (Å²) in [5, 5.41) is 25.8. The van der Waals surface area contributed by atoms with Gasteiger partial charge < -0.3 is 19.7 Å². The smallest absolute Gasteiger partial charge is 0.306 e. The van der Waals surface area contributed by atoms with Gasteiger partial charge in [-0.25, -0.2) is 4.39 Å². The molecule has 11 heteroatoms. The molecule has 58 heavy (non-hydrogen) atoms. The lowest BCUT2D eigenvalue weighted by Crippen LogP contribution is -2.69. The molecule has 1 heterocycles. The van der Waals surface area contributed by atoms with Crippen molar-refractivity contribution in [3.05, 3.63) is 101 Å². The number of benzene rings is 2. The highest BCUT2D eigenvalue weighted by Crippen LogP contribution is 2.70. The number of alkyl halides is 1. The van der Waals surface area contributed by atoms with Crippen LogP contribution in [0.3, 0.4) is 0 Å². The first-order valence-electron chi connectivity index (χ1n) is 20.4. The molecule has 0 bridgehead atoms. The fourth-order valence-electron chi connectivity index (χ4n) is 11.3. The molecule has 0 aliphatic heterocycles. The van der Waals surface area contributed by atoms with Gasteiger partial charge >= 0.3 is 11.9 Å². The van der Waals surface area contributed by atoms with Crippen LogP contribution in [0.4, 0.5) is 4.39 Å². The van der Waals surface area contributed by atoms with E-state index >= 15 is 4.39 Å². The zero-order valence-electron chi connectivity index (χ0n) is 33.1. The average Bonchev–Trinajstić information content (AvgIpc) is 3.99. The molecular weight excluding hydrogens is 742 g/mol. The van der Waals surface area contributed by atoms with E-state index < -0.39 is 70.3 Å². The summed E-state index contributed by atoms with van der Waals surface area (Å²) in [7, 11) is 0. The molecule has 10 atom stereocenters. The monoisotopic (exact) mass is 791 g/mol. The van der Waals surface area contributed by atoms with Gasteiger partial charge in [-0.1, -0.05) is 68.0 Å². The van der Waals surface area contributed by atoms with E-state index in [1.165, 1.54) is 12.2 Å².